The van der Waals surface area contributed by atoms with Crippen LogP contribution in [0, 0.1) is 18.3 Å². The number of esters is 1. The van der Waals surface area contributed by atoms with Crippen LogP contribution in [-0.4, -0.2) is 24.6 Å². The van der Waals surface area contributed by atoms with E-state index in [1.807, 2.05) is 25.1 Å². The number of nitrogens with one attached hydrogen (secondary N) is 1. The van der Waals surface area contributed by atoms with Crippen LogP contribution in [0.15, 0.2) is 42.5 Å². The number of halogens is 1. The average Bonchev–Trinajstić information content (AvgIpc) is 2.60. The number of carbonyl (C=O) groups excluding carboxylic acids is 2. The van der Waals surface area contributed by atoms with Crippen LogP contribution in [0.4, 0.5) is 5.69 Å². The van der Waals surface area contributed by atoms with Crippen LogP contribution in [0.1, 0.15) is 18.1 Å². The van der Waals surface area contributed by atoms with E-state index in [1.165, 1.54) is 25.1 Å². The zero-order chi connectivity index (χ0) is 19.1. The van der Waals surface area contributed by atoms with Crippen LogP contribution < -0.4 is 10.1 Å². The molecule has 6 nitrogen and oxygen atoms in total. The number of benzene rings is 2. The lowest BCUT2D eigenvalue weighted by atomic mass is 10.2. The highest BCUT2D eigenvalue weighted by atomic mass is 35.5. The second-order valence-corrected chi connectivity index (χ2v) is 5.94. The number of amides is 1. The van der Waals surface area contributed by atoms with Gasteiger partial charge >= 0.3 is 5.97 Å². The Morgan fingerprint density at radius 1 is 1.27 bits per heavy atom. The Morgan fingerprint density at radius 2 is 2.04 bits per heavy atom. The van der Waals surface area contributed by atoms with E-state index in [2.05, 4.69) is 5.32 Å². The molecule has 26 heavy (non-hydrogen) atoms. The largest absolute Gasteiger partial charge is 0.482 e. The first kappa shape index (κ1) is 19.3. The number of nitriles is 1. The highest BCUT2D eigenvalue weighted by molar-refractivity contribution is 6.32. The molecule has 7 heteroatoms. The molecule has 0 spiro atoms. The van der Waals surface area contributed by atoms with E-state index >= 15 is 0 Å². The van der Waals surface area contributed by atoms with Crippen molar-refractivity contribution in [1.29, 1.82) is 5.26 Å². The van der Waals surface area contributed by atoms with Crippen molar-refractivity contribution in [2.24, 2.45) is 0 Å². The van der Waals surface area contributed by atoms with Crippen LogP contribution in [0.3, 0.4) is 0 Å². The highest BCUT2D eigenvalue weighted by Gasteiger charge is 2.18. The summed E-state index contributed by atoms with van der Waals surface area (Å²) in [7, 11) is 0. The number of aryl methyl sites for hydroxylation is 1. The molecule has 0 bridgehead atoms. The SMILES string of the molecule is Cc1cccc(OCC(=O)OC(C)C(=O)Nc2ccc(C#N)c(Cl)c2)c1. The maximum atomic E-state index is 12.1. The first-order valence-corrected chi connectivity index (χ1v) is 8.16. The fourth-order valence-electron chi connectivity index (χ4n) is 2.06. The minimum atomic E-state index is -1.02. The monoisotopic (exact) mass is 372 g/mol. The van der Waals surface area contributed by atoms with Gasteiger partial charge in [0.25, 0.3) is 5.91 Å². The van der Waals surface area contributed by atoms with Gasteiger partial charge in [0, 0.05) is 5.69 Å². The maximum absolute atomic E-state index is 12.1. The van der Waals surface area contributed by atoms with Crippen molar-refractivity contribution in [2.75, 3.05) is 11.9 Å². The van der Waals surface area contributed by atoms with Gasteiger partial charge in [-0.3, -0.25) is 4.79 Å². The number of carbonyl (C=O) groups is 2. The Labute approximate surface area is 156 Å². The predicted octanol–water partition coefficient (Wildman–Crippen LogP) is 3.47. The molecular weight excluding hydrogens is 356 g/mol. The van der Waals surface area contributed by atoms with Crippen LogP contribution >= 0.6 is 11.6 Å². The Morgan fingerprint density at radius 3 is 2.69 bits per heavy atom. The molecule has 1 N–H and O–H groups in total. The predicted molar refractivity (Wildman–Crippen MR) is 97.0 cm³/mol. The van der Waals surface area contributed by atoms with Crippen molar-refractivity contribution in [1.82, 2.24) is 0 Å². The van der Waals surface area contributed by atoms with Crippen LogP contribution in [0.25, 0.3) is 0 Å². The summed E-state index contributed by atoms with van der Waals surface area (Å²) in [5.74, 6) is -0.632. The standard InChI is InChI=1S/C19H17ClN2O4/c1-12-4-3-5-16(8-12)25-11-18(23)26-13(2)19(24)22-15-7-6-14(10-21)17(20)9-15/h3-9,13H,11H2,1-2H3,(H,22,24). The number of ether oxygens (including phenoxy) is 2. The molecule has 0 fully saturated rings. The third-order valence-corrected chi connectivity index (χ3v) is 3.69. The molecule has 0 aliphatic carbocycles. The summed E-state index contributed by atoms with van der Waals surface area (Å²) in [5, 5.41) is 11.6. The lowest BCUT2D eigenvalue weighted by molar-refractivity contribution is -0.155. The summed E-state index contributed by atoms with van der Waals surface area (Å²) in [4.78, 5) is 23.9. The van der Waals surface area contributed by atoms with E-state index in [0.717, 1.165) is 5.56 Å². The molecule has 2 rings (SSSR count). The second-order valence-electron chi connectivity index (χ2n) is 5.53. The Balaban J connectivity index is 1.85. The summed E-state index contributed by atoms with van der Waals surface area (Å²) in [6, 6.07) is 13.7. The molecule has 0 saturated carbocycles. The van der Waals surface area contributed by atoms with Gasteiger partial charge in [-0.25, -0.2) is 4.79 Å². The minimum Gasteiger partial charge on any atom is -0.482 e. The van der Waals surface area contributed by atoms with Gasteiger partial charge in [-0.2, -0.15) is 5.26 Å². The number of hydrogen-bond acceptors (Lipinski definition) is 5. The molecule has 2 aromatic carbocycles. The molecule has 1 amide bonds. The third kappa shape index (κ3) is 5.50. The van der Waals surface area contributed by atoms with Crippen molar-refractivity contribution in [3.8, 4) is 11.8 Å². The number of hydrogen-bond donors (Lipinski definition) is 1. The maximum Gasteiger partial charge on any atom is 0.344 e. The first-order valence-electron chi connectivity index (χ1n) is 7.78. The van der Waals surface area contributed by atoms with Crippen molar-refractivity contribution in [3.63, 3.8) is 0 Å². The molecule has 134 valence electrons. The molecule has 0 aliphatic rings. The van der Waals surface area contributed by atoms with Gasteiger partial charge in [-0.1, -0.05) is 23.7 Å². The molecular formula is C19H17ClN2O4. The Bertz CT molecular complexity index is 861. The molecule has 0 heterocycles. The van der Waals surface area contributed by atoms with Crippen LogP contribution in [-0.2, 0) is 14.3 Å². The van der Waals surface area contributed by atoms with E-state index < -0.39 is 18.0 Å². The van der Waals surface area contributed by atoms with Gasteiger partial charge in [0.15, 0.2) is 12.7 Å². The van der Waals surface area contributed by atoms with Crippen molar-refractivity contribution in [2.45, 2.75) is 20.0 Å². The molecule has 1 atom stereocenters. The lowest BCUT2D eigenvalue weighted by Gasteiger charge is -2.14. The summed E-state index contributed by atoms with van der Waals surface area (Å²) in [6.45, 7) is 3.06. The minimum absolute atomic E-state index is 0.224. The third-order valence-electron chi connectivity index (χ3n) is 3.38. The van der Waals surface area contributed by atoms with Crippen molar-refractivity contribution >= 4 is 29.2 Å². The number of nitrogens with zero attached hydrogens (tertiary/aromatic N) is 1. The summed E-state index contributed by atoms with van der Waals surface area (Å²) in [6.07, 6.45) is -1.02. The number of rotatable bonds is 6. The molecule has 0 saturated heterocycles. The van der Waals surface area contributed by atoms with Gasteiger partial charge in [0.1, 0.15) is 11.8 Å². The van der Waals surface area contributed by atoms with Crippen molar-refractivity contribution in [3.05, 3.63) is 58.6 Å². The van der Waals surface area contributed by atoms with E-state index in [4.69, 9.17) is 26.3 Å². The van der Waals surface area contributed by atoms with Gasteiger partial charge in [-0.05, 0) is 49.7 Å². The van der Waals surface area contributed by atoms with Crippen molar-refractivity contribution < 1.29 is 19.1 Å². The zero-order valence-electron chi connectivity index (χ0n) is 14.3. The summed E-state index contributed by atoms with van der Waals surface area (Å²) in [5.41, 5.74) is 1.71. The summed E-state index contributed by atoms with van der Waals surface area (Å²) >= 11 is 5.91. The number of anilines is 1. The smallest absolute Gasteiger partial charge is 0.344 e. The second kappa shape index (κ2) is 8.88. The van der Waals surface area contributed by atoms with E-state index in [1.54, 1.807) is 12.1 Å². The lowest BCUT2D eigenvalue weighted by Crippen LogP contribution is -2.31. The van der Waals surface area contributed by atoms with Gasteiger partial charge in [0.2, 0.25) is 0 Å². The molecule has 2 aromatic rings. The van der Waals surface area contributed by atoms with E-state index in [0.29, 0.717) is 17.0 Å². The zero-order valence-corrected chi connectivity index (χ0v) is 15.0. The topological polar surface area (TPSA) is 88.4 Å². The molecule has 0 aromatic heterocycles. The average molecular weight is 373 g/mol. The van der Waals surface area contributed by atoms with Crippen LogP contribution in [0.2, 0.25) is 5.02 Å². The quantitative estimate of drug-likeness (QED) is 0.784. The van der Waals surface area contributed by atoms with E-state index in [9.17, 15) is 9.59 Å². The Hall–Kier alpha value is -3.04. The molecule has 1 unspecified atom stereocenters. The fourth-order valence-corrected chi connectivity index (χ4v) is 2.28. The van der Waals surface area contributed by atoms with E-state index in [-0.39, 0.29) is 11.6 Å². The highest BCUT2D eigenvalue weighted by Crippen LogP contribution is 2.20. The van der Waals surface area contributed by atoms with Gasteiger partial charge in [-0.15, -0.1) is 0 Å². The Kier molecular flexibility index (Phi) is 6.59. The fraction of sp³-hybridized carbons (Fsp3) is 0.211. The molecule has 0 aliphatic heterocycles. The van der Waals surface area contributed by atoms with Gasteiger partial charge in [0.05, 0.1) is 10.6 Å². The first-order chi connectivity index (χ1) is 12.4. The van der Waals surface area contributed by atoms with Gasteiger partial charge < -0.3 is 14.8 Å². The summed E-state index contributed by atoms with van der Waals surface area (Å²) < 4.78 is 10.4. The normalized spacial score (nSPS) is 11.2. The molecule has 0 radical (unpaired) electrons. The van der Waals surface area contributed by atoms with Crippen LogP contribution in [0.5, 0.6) is 5.75 Å².